The van der Waals surface area contributed by atoms with E-state index in [9.17, 15) is 0 Å². The van der Waals surface area contributed by atoms with Gasteiger partial charge in [0.1, 0.15) is 11.5 Å². The van der Waals surface area contributed by atoms with E-state index in [1.165, 1.54) is 5.56 Å². The number of aryl methyl sites for hydroxylation is 1. The fourth-order valence-corrected chi connectivity index (χ4v) is 3.73. The Bertz CT molecular complexity index is 1150. The maximum atomic E-state index is 5.35. The third-order valence-electron chi connectivity index (χ3n) is 5.55. The van der Waals surface area contributed by atoms with Crippen LogP contribution in [-0.4, -0.2) is 21.3 Å². The lowest BCUT2D eigenvalue weighted by atomic mass is 10.1. The molecule has 0 heterocycles. The summed E-state index contributed by atoms with van der Waals surface area (Å²) in [4.78, 5) is 4.41. The summed E-state index contributed by atoms with van der Waals surface area (Å²) in [6.07, 6.45) is 0. The normalized spacial score (nSPS) is 10.5. The average molecular weight is 425 g/mol. The zero-order valence-electron chi connectivity index (χ0n) is 18.9. The van der Waals surface area contributed by atoms with Crippen LogP contribution >= 0.6 is 0 Å². The molecule has 0 spiro atoms. The maximum Gasteiger partial charge on any atom is 0.119 e. The molecule has 0 saturated heterocycles. The predicted molar refractivity (Wildman–Crippen MR) is 133 cm³/mol. The second kappa shape index (κ2) is 9.48. The zero-order valence-corrected chi connectivity index (χ0v) is 18.9. The van der Waals surface area contributed by atoms with Gasteiger partial charge in [0.25, 0.3) is 0 Å². The summed E-state index contributed by atoms with van der Waals surface area (Å²) in [5, 5.41) is 0. The zero-order chi connectivity index (χ0) is 22.5. The van der Waals surface area contributed by atoms with Crippen LogP contribution in [0.25, 0.3) is 0 Å². The van der Waals surface area contributed by atoms with Crippen molar-refractivity contribution in [2.45, 2.75) is 6.92 Å². The molecule has 0 fully saturated rings. The van der Waals surface area contributed by atoms with Crippen molar-refractivity contribution in [2.24, 2.45) is 0 Å². The molecule has 0 atom stereocenters. The maximum absolute atomic E-state index is 5.35. The Balaban J connectivity index is 1.68. The molecule has 0 N–H and O–H groups in total. The van der Waals surface area contributed by atoms with E-state index in [4.69, 9.17) is 9.47 Å². The van der Waals surface area contributed by atoms with Crippen molar-refractivity contribution in [3.8, 4) is 11.5 Å². The van der Waals surface area contributed by atoms with Gasteiger partial charge in [0.2, 0.25) is 0 Å². The molecule has 0 aliphatic rings. The molecule has 0 saturated carbocycles. The molecule has 0 unspecified atom stereocenters. The molecular weight excluding hydrogens is 396 g/mol. The summed E-state index contributed by atoms with van der Waals surface area (Å²) >= 11 is 0. The number of methoxy groups -OCH3 is 2. The molecule has 162 valence electrons. The van der Waals surface area contributed by atoms with Gasteiger partial charge < -0.3 is 19.3 Å². The number of rotatable bonds is 7. The van der Waals surface area contributed by atoms with E-state index in [1.807, 2.05) is 24.3 Å². The highest BCUT2D eigenvalue weighted by molar-refractivity contribution is 5.78. The fraction of sp³-hybridized carbons (Fsp3) is 0.143. The van der Waals surface area contributed by atoms with Gasteiger partial charge in [0, 0.05) is 35.5 Å². The minimum absolute atomic E-state index is 0.842. The molecule has 4 nitrogen and oxygen atoms in total. The summed E-state index contributed by atoms with van der Waals surface area (Å²) in [5.41, 5.74) is 6.71. The molecule has 0 amide bonds. The van der Waals surface area contributed by atoms with Crippen LogP contribution in [0.1, 0.15) is 5.56 Å². The van der Waals surface area contributed by atoms with Crippen LogP contribution in [-0.2, 0) is 0 Å². The Morgan fingerprint density at radius 2 is 0.969 bits per heavy atom. The second-order valence-corrected chi connectivity index (χ2v) is 7.65. The van der Waals surface area contributed by atoms with E-state index in [-0.39, 0.29) is 0 Å². The average Bonchev–Trinajstić information content (AvgIpc) is 2.85. The van der Waals surface area contributed by atoms with Crippen LogP contribution in [0.15, 0.2) is 97.1 Å². The number of anilines is 5. The molecule has 4 heteroatoms. The highest BCUT2D eigenvalue weighted by Gasteiger charge is 2.14. The molecule has 0 aliphatic carbocycles. The Hall–Kier alpha value is -3.92. The van der Waals surface area contributed by atoms with Crippen molar-refractivity contribution >= 4 is 28.4 Å². The lowest BCUT2D eigenvalue weighted by molar-refractivity contribution is 0.414. The molecule has 0 aliphatic heterocycles. The topological polar surface area (TPSA) is 24.9 Å². The summed E-state index contributed by atoms with van der Waals surface area (Å²) in [6.45, 7) is 2.11. The monoisotopic (exact) mass is 424 g/mol. The third kappa shape index (κ3) is 4.54. The first-order valence-electron chi connectivity index (χ1n) is 10.6. The molecule has 4 aromatic rings. The number of nitrogens with zero attached hydrogens (tertiary/aromatic N) is 2. The van der Waals surface area contributed by atoms with Crippen molar-refractivity contribution < 1.29 is 9.47 Å². The SMILES string of the molecule is COc1ccc(N(C)c2ccc(N(c3ccc(OC)cc3)c3cccc(C)c3)cc2)cc1. The van der Waals surface area contributed by atoms with Gasteiger partial charge in [-0.2, -0.15) is 0 Å². The first kappa shape index (κ1) is 21.3. The van der Waals surface area contributed by atoms with Crippen molar-refractivity contribution in [2.75, 3.05) is 31.1 Å². The Morgan fingerprint density at radius 1 is 0.531 bits per heavy atom. The summed E-state index contributed by atoms with van der Waals surface area (Å²) in [5.74, 6) is 1.69. The highest BCUT2D eigenvalue weighted by atomic mass is 16.5. The van der Waals surface area contributed by atoms with Crippen LogP contribution in [0.3, 0.4) is 0 Å². The highest BCUT2D eigenvalue weighted by Crippen LogP contribution is 2.37. The Morgan fingerprint density at radius 3 is 1.44 bits per heavy atom. The van der Waals surface area contributed by atoms with Gasteiger partial charge in [0.15, 0.2) is 0 Å². The summed E-state index contributed by atoms with van der Waals surface area (Å²) in [6, 6.07) is 33.3. The van der Waals surface area contributed by atoms with Crippen LogP contribution in [0.5, 0.6) is 11.5 Å². The van der Waals surface area contributed by atoms with Crippen LogP contribution in [0, 0.1) is 6.92 Å². The van der Waals surface area contributed by atoms with E-state index >= 15 is 0 Å². The quantitative estimate of drug-likeness (QED) is 0.312. The van der Waals surface area contributed by atoms with E-state index in [0.717, 1.165) is 39.9 Å². The van der Waals surface area contributed by atoms with E-state index < -0.39 is 0 Å². The Kier molecular flexibility index (Phi) is 6.31. The number of ether oxygens (including phenoxy) is 2. The first-order valence-corrected chi connectivity index (χ1v) is 10.6. The molecule has 0 bridgehead atoms. The molecular formula is C28H28N2O2. The van der Waals surface area contributed by atoms with Gasteiger partial charge in [-0.25, -0.2) is 0 Å². The molecule has 4 rings (SSSR count). The largest absolute Gasteiger partial charge is 0.497 e. The lowest BCUT2D eigenvalue weighted by Gasteiger charge is -2.27. The van der Waals surface area contributed by atoms with E-state index in [2.05, 4.69) is 96.6 Å². The number of hydrogen-bond acceptors (Lipinski definition) is 4. The lowest BCUT2D eigenvalue weighted by Crippen LogP contribution is -2.12. The van der Waals surface area contributed by atoms with Gasteiger partial charge in [-0.05, 0) is 97.4 Å². The minimum atomic E-state index is 0.842. The van der Waals surface area contributed by atoms with Crippen LogP contribution < -0.4 is 19.3 Å². The molecule has 0 aromatic heterocycles. The van der Waals surface area contributed by atoms with Crippen molar-refractivity contribution in [1.29, 1.82) is 0 Å². The first-order chi connectivity index (χ1) is 15.6. The van der Waals surface area contributed by atoms with Gasteiger partial charge in [-0.15, -0.1) is 0 Å². The second-order valence-electron chi connectivity index (χ2n) is 7.65. The smallest absolute Gasteiger partial charge is 0.119 e. The van der Waals surface area contributed by atoms with Crippen molar-refractivity contribution in [3.63, 3.8) is 0 Å². The summed E-state index contributed by atoms with van der Waals surface area (Å²) < 4.78 is 10.6. The number of benzene rings is 4. The third-order valence-corrected chi connectivity index (χ3v) is 5.55. The fourth-order valence-electron chi connectivity index (χ4n) is 3.73. The van der Waals surface area contributed by atoms with Crippen LogP contribution in [0.4, 0.5) is 28.4 Å². The van der Waals surface area contributed by atoms with Gasteiger partial charge >= 0.3 is 0 Å². The van der Waals surface area contributed by atoms with Crippen molar-refractivity contribution in [1.82, 2.24) is 0 Å². The molecule has 32 heavy (non-hydrogen) atoms. The minimum Gasteiger partial charge on any atom is -0.497 e. The predicted octanol–water partition coefficient (Wildman–Crippen LogP) is 7.25. The van der Waals surface area contributed by atoms with Gasteiger partial charge in [-0.1, -0.05) is 12.1 Å². The summed E-state index contributed by atoms with van der Waals surface area (Å²) in [7, 11) is 5.43. The van der Waals surface area contributed by atoms with E-state index in [1.54, 1.807) is 14.2 Å². The van der Waals surface area contributed by atoms with Crippen molar-refractivity contribution in [3.05, 3.63) is 103 Å². The Labute approximate surface area is 190 Å². The van der Waals surface area contributed by atoms with E-state index in [0.29, 0.717) is 0 Å². The van der Waals surface area contributed by atoms with Gasteiger partial charge in [0.05, 0.1) is 14.2 Å². The van der Waals surface area contributed by atoms with Crippen LogP contribution in [0.2, 0.25) is 0 Å². The standard InChI is InChI=1S/C28H28N2O2/c1-21-6-5-7-26(20-21)30(25-14-18-28(32-4)19-15-25)24-10-8-22(9-11-24)29(2)23-12-16-27(31-3)17-13-23/h5-20H,1-4H3. The molecule has 4 aromatic carbocycles. The van der Waals surface area contributed by atoms with Gasteiger partial charge in [-0.3, -0.25) is 0 Å². The number of hydrogen-bond donors (Lipinski definition) is 0. The molecule has 0 radical (unpaired) electrons.